The van der Waals surface area contributed by atoms with E-state index in [2.05, 4.69) is 5.32 Å². The van der Waals surface area contributed by atoms with E-state index >= 15 is 0 Å². The summed E-state index contributed by atoms with van der Waals surface area (Å²) >= 11 is -2.19. The lowest BCUT2D eigenvalue weighted by atomic mass is 10.2. The van der Waals surface area contributed by atoms with E-state index in [1.165, 1.54) is 33.3 Å². The van der Waals surface area contributed by atoms with Gasteiger partial charge in [0.2, 0.25) is 5.91 Å². The van der Waals surface area contributed by atoms with E-state index in [1.807, 2.05) is 0 Å². The SMILES string of the molecule is COc1cc(S(=O)O)c(OC)cc1NC(C)=O. The number of ether oxygens (including phenoxy) is 2. The zero-order valence-corrected chi connectivity index (χ0v) is 10.5. The van der Waals surface area contributed by atoms with Crippen LogP contribution in [0.1, 0.15) is 6.92 Å². The fraction of sp³-hybridized carbons (Fsp3) is 0.300. The molecule has 0 bridgehead atoms. The Kier molecular flexibility index (Phi) is 4.47. The third kappa shape index (κ3) is 3.18. The molecule has 0 aliphatic rings. The Morgan fingerprint density at radius 3 is 2.29 bits per heavy atom. The molecule has 1 aromatic rings. The van der Waals surface area contributed by atoms with Gasteiger partial charge in [0.1, 0.15) is 16.4 Å². The van der Waals surface area contributed by atoms with Crippen molar-refractivity contribution in [1.82, 2.24) is 0 Å². The van der Waals surface area contributed by atoms with Gasteiger partial charge in [0.15, 0.2) is 11.1 Å². The molecule has 0 aromatic heterocycles. The second kappa shape index (κ2) is 5.65. The number of hydrogen-bond donors (Lipinski definition) is 2. The Balaban J connectivity index is 3.32. The molecular weight excluding hydrogens is 246 g/mol. The number of carbonyl (C=O) groups is 1. The maximum Gasteiger partial charge on any atom is 0.221 e. The highest BCUT2D eigenvalue weighted by Crippen LogP contribution is 2.34. The standard InChI is InChI=1S/C10H13NO5S/c1-6(12)11-7-4-9(16-3)10(17(13)14)5-8(7)15-2/h4-5H,1-3H3,(H,11,12)(H,13,14). The summed E-state index contributed by atoms with van der Waals surface area (Å²) in [4.78, 5) is 11.1. The van der Waals surface area contributed by atoms with Gasteiger partial charge in [-0.15, -0.1) is 0 Å². The maximum atomic E-state index is 11.1. The second-order valence-corrected chi connectivity index (χ2v) is 4.07. The summed E-state index contributed by atoms with van der Waals surface area (Å²) in [7, 11) is 2.77. The Bertz CT molecular complexity index is 460. The quantitative estimate of drug-likeness (QED) is 0.795. The van der Waals surface area contributed by atoms with Crippen LogP contribution in [0.4, 0.5) is 5.69 Å². The number of rotatable bonds is 4. The van der Waals surface area contributed by atoms with Gasteiger partial charge in [0.05, 0.1) is 19.9 Å². The van der Waals surface area contributed by atoms with E-state index in [9.17, 15) is 9.00 Å². The summed E-state index contributed by atoms with van der Waals surface area (Å²) < 4.78 is 30.1. The Labute approximate surface area is 101 Å². The van der Waals surface area contributed by atoms with Crippen molar-refractivity contribution in [1.29, 1.82) is 0 Å². The highest BCUT2D eigenvalue weighted by Gasteiger charge is 2.15. The van der Waals surface area contributed by atoms with Crippen LogP contribution in [0, 0.1) is 0 Å². The molecule has 7 heteroatoms. The molecule has 1 amide bonds. The number of hydrogen-bond acceptors (Lipinski definition) is 4. The van der Waals surface area contributed by atoms with Crippen LogP contribution in [0.3, 0.4) is 0 Å². The molecule has 0 aliphatic carbocycles. The third-order valence-electron chi connectivity index (χ3n) is 1.98. The highest BCUT2D eigenvalue weighted by molar-refractivity contribution is 7.79. The molecule has 0 saturated heterocycles. The minimum absolute atomic E-state index is 0.0819. The van der Waals surface area contributed by atoms with Crippen molar-refractivity contribution in [2.45, 2.75) is 11.8 Å². The molecule has 2 N–H and O–H groups in total. The van der Waals surface area contributed by atoms with E-state index in [1.54, 1.807) is 0 Å². The van der Waals surface area contributed by atoms with Crippen LogP contribution in [0.2, 0.25) is 0 Å². The van der Waals surface area contributed by atoms with Crippen LogP contribution in [0.15, 0.2) is 17.0 Å². The van der Waals surface area contributed by atoms with Crippen LogP contribution in [-0.2, 0) is 15.9 Å². The van der Waals surface area contributed by atoms with Gasteiger partial charge in [-0.3, -0.25) is 4.79 Å². The largest absolute Gasteiger partial charge is 0.495 e. The predicted molar refractivity (Wildman–Crippen MR) is 62.9 cm³/mol. The van der Waals surface area contributed by atoms with Crippen molar-refractivity contribution in [3.63, 3.8) is 0 Å². The van der Waals surface area contributed by atoms with Gasteiger partial charge in [-0.25, -0.2) is 4.21 Å². The molecule has 1 aromatic carbocycles. The first kappa shape index (κ1) is 13.5. The zero-order valence-electron chi connectivity index (χ0n) is 9.64. The van der Waals surface area contributed by atoms with E-state index in [-0.39, 0.29) is 16.6 Å². The van der Waals surface area contributed by atoms with Gasteiger partial charge >= 0.3 is 0 Å². The molecule has 0 radical (unpaired) electrons. The molecule has 0 spiro atoms. The molecule has 0 aliphatic heterocycles. The van der Waals surface area contributed by atoms with Crippen LogP contribution < -0.4 is 14.8 Å². The minimum Gasteiger partial charge on any atom is -0.495 e. The van der Waals surface area contributed by atoms with Crippen molar-refractivity contribution in [2.75, 3.05) is 19.5 Å². The molecular formula is C10H13NO5S. The molecule has 6 nitrogen and oxygen atoms in total. The number of nitrogens with one attached hydrogen (secondary N) is 1. The van der Waals surface area contributed by atoms with Gasteiger partial charge in [-0.2, -0.15) is 0 Å². The van der Waals surface area contributed by atoms with Crippen LogP contribution in [0.25, 0.3) is 0 Å². The molecule has 17 heavy (non-hydrogen) atoms. The van der Waals surface area contributed by atoms with Crippen molar-refractivity contribution in [3.05, 3.63) is 12.1 Å². The molecule has 94 valence electrons. The fourth-order valence-corrected chi connectivity index (χ4v) is 1.82. The summed E-state index contributed by atoms with van der Waals surface area (Å²) in [6.07, 6.45) is 0. The smallest absolute Gasteiger partial charge is 0.221 e. The molecule has 1 atom stereocenters. The molecule has 0 fully saturated rings. The summed E-state index contributed by atoms with van der Waals surface area (Å²) in [5, 5.41) is 2.54. The Hall–Kier alpha value is -1.60. The number of carbonyl (C=O) groups excluding carboxylic acids is 1. The first-order chi connectivity index (χ1) is 7.99. The summed E-state index contributed by atoms with van der Waals surface area (Å²) in [5.41, 5.74) is 0.381. The van der Waals surface area contributed by atoms with Gasteiger partial charge < -0.3 is 19.3 Å². The lowest BCUT2D eigenvalue weighted by Gasteiger charge is -2.13. The van der Waals surface area contributed by atoms with Gasteiger partial charge in [0, 0.05) is 19.1 Å². The van der Waals surface area contributed by atoms with Crippen molar-refractivity contribution in [2.24, 2.45) is 0 Å². The van der Waals surface area contributed by atoms with E-state index in [0.29, 0.717) is 11.4 Å². The van der Waals surface area contributed by atoms with E-state index in [4.69, 9.17) is 14.0 Å². The Morgan fingerprint density at radius 1 is 1.29 bits per heavy atom. The maximum absolute atomic E-state index is 11.1. The summed E-state index contributed by atoms with van der Waals surface area (Å²) in [5.74, 6) is 0.219. The normalized spacial score (nSPS) is 11.8. The second-order valence-electron chi connectivity index (χ2n) is 3.13. The third-order valence-corrected chi connectivity index (χ3v) is 2.68. The average molecular weight is 259 g/mol. The highest BCUT2D eigenvalue weighted by atomic mass is 32.2. The topological polar surface area (TPSA) is 84.9 Å². The lowest BCUT2D eigenvalue weighted by molar-refractivity contribution is -0.114. The number of anilines is 1. The summed E-state index contributed by atoms with van der Waals surface area (Å²) in [6.45, 7) is 1.35. The number of amides is 1. The van der Waals surface area contributed by atoms with Crippen LogP contribution >= 0.6 is 0 Å². The summed E-state index contributed by atoms with van der Waals surface area (Å²) in [6, 6.07) is 2.78. The van der Waals surface area contributed by atoms with E-state index in [0.717, 1.165) is 0 Å². The van der Waals surface area contributed by atoms with Crippen molar-refractivity contribution in [3.8, 4) is 11.5 Å². The molecule has 1 rings (SSSR count). The van der Waals surface area contributed by atoms with Crippen LogP contribution in [-0.4, -0.2) is 28.9 Å². The lowest BCUT2D eigenvalue weighted by Crippen LogP contribution is -2.08. The first-order valence-corrected chi connectivity index (χ1v) is 5.74. The fourth-order valence-electron chi connectivity index (χ4n) is 1.29. The van der Waals surface area contributed by atoms with Crippen LogP contribution in [0.5, 0.6) is 11.5 Å². The first-order valence-electron chi connectivity index (χ1n) is 4.64. The van der Waals surface area contributed by atoms with Gasteiger partial charge in [-0.05, 0) is 0 Å². The minimum atomic E-state index is -2.19. The Morgan fingerprint density at radius 2 is 1.88 bits per heavy atom. The average Bonchev–Trinajstić information content (AvgIpc) is 2.27. The number of methoxy groups -OCH3 is 2. The predicted octanol–water partition coefficient (Wildman–Crippen LogP) is 1.24. The van der Waals surface area contributed by atoms with E-state index < -0.39 is 11.1 Å². The van der Waals surface area contributed by atoms with Crippen molar-refractivity contribution >= 4 is 22.7 Å². The van der Waals surface area contributed by atoms with Gasteiger partial charge in [-0.1, -0.05) is 0 Å². The molecule has 0 saturated carbocycles. The monoisotopic (exact) mass is 259 g/mol. The molecule has 1 unspecified atom stereocenters. The van der Waals surface area contributed by atoms with Crippen molar-refractivity contribution < 1.29 is 23.0 Å². The van der Waals surface area contributed by atoms with Gasteiger partial charge in [0.25, 0.3) is 0 Å². The molecule has 0 heterocycles. The zero-order chi connectivity index (χ0) is 13.0. The number of benzene rings is 1.